The van der Waals surface area contributed by atoms with Crippen molar-refractivity contribution >= 4 is 27.9 Å². The number of nitrogens with zero attached hydrogens (tertiary/aromatic N) is 2. The number of fused-ring (bicyclic) bond motifs is 3. The molecule has 1 aromatic carbocycles. The van der Waals surface area contributed by atoms with Crippen molar-refractivity contribution in [3.63, 3.8) is 0 Å². The molecule has 0 spiro atoms. The van der Waals surface area contributed by atoms with E-state index in [1.807, 2.05) is 23.6 Å². The van der Waals surface area contributed by atoms with Crippen molar-refractivity contribution < 1.29 is 5.11 Å². The van der Waals surface area contributed by atoms with Crippen molar-refractivity contribution in [1.29, 1.82) is 0 Å². The number of thiophene rings is 1. The molecular formula is C18H19N5O2S. The van der Waals surface area contributed by atoms with E-state index in [-0.39, 0.29) is 12.2 Å². The number of aromatic nitrogens is 3. The number of hydrogen-bond acceptors (Lipinski definition) is 6. The number of aliphatic hydroxyl groups excluding tert-OH is 1. The van der Waals surface area contributed by atoms with Crippen LogP contribution in [-0.2, 0) is 6.54 Å². The molecule has 3 aromatic heterocycles. The number of hydrogen-bond donors (Lipinski definition) is 4. The lowest BCUT2D eigenvalue weighted by atomic mass is 10.0. The summed E-state index contributed by atoms with van der Waals surface area (Å²) in [5.74, 6) is 0. The molecular weight excluding hydrogens is 350 g/mol. The summed E-state index contributed by atoms with van der Waals surface area (Å²) in [5, 5.41) is 24.5. The van der Waals surface area contributed by atoms with E-state index in [9.17, 15) is 9.90 Å². The lowest BCUT2D eigenvalue weighted by Crippen LogP contribution is -2.32. The van der Waals surface area contributed by atoms with Crippen LogP contribution in [0.2, 0.25) is 0 Å². The first kappa shape index (κ1) is 16.9. The molecule has 5 N–H and O–H groups in total. The summed E-state index contributed by atoms with van der Waals surface area (Å²) in [6.07, 6.45) is -0.580. The molecule has 0 radical (unpaired) electrons. The highest BCUT2D eigenvalue weighted by Gasteiger charge is 2.12. The van der Waals surface area contributed by atoms with Crippen molar-refractivity contribution in [2.75, 3.05) is 13.1 Å². The summed E-state index contributed by atoms with van der Waals surface area (Å²) in [6.45, 7) is 1.16. The van der Waals surface area contributed by atoms with Crippen LogP contribution in [0.5, 0.6) is 0 Å². The van der Waals surface area contributed by atoms with E-state index in [0.29, 0.717) is 18.7 Å². The minimum absolute atomic E-state index is 0.214. The van der Waals surface area contributed by atoms with Gasteiger partial charge in [0.1, 0.15) is 0 Å². The fourth-order valence-corrected chi connectivity index (χ4v) is 3.74. The third-order valence-electron chi connectivity index (χ3n) is 4.41. The van der Waals surface area contributed by atoms with E-state index in [1.54, 1.807) is 15.7 Å². The van der Waals surface area contributed by atoms with E-state index in [4.69, 9.17) is 5.73 Å². The average Bonchev–Trinajstić information content (AvgIpc) is 3.31. The first-order valence-electron chi connectivity index (χ1n) is 8.31. The minimum atomic E-state index is -0.580. The van der Waals surface area contributed by atoms with E-state index in [1.165, 1.54) is 0 Å². The van der Waals surface area contributed by atoms with Crippen LogP contribution in [0, 0.1) is 0 Å². The van der Waals surface area contributed by atoms with Gasteiger partial charge in [0.25, 0.3) is 0 Å². The molecule has 0 aliphatic rings. The average molecular weight is 369 g/mol. The molecule has 4 rings (SSSR count). The molecule has 0 amide bonds. The van der Waals surface area contributed by atoms with Crippen LogP contribution in [0.25, 0.3) is 27.7 Å². The van der Waals surface area contributed by atoms with Crippen LogP contribution in [0.4, 0.5) is 0 Å². The van der Waals surface area contributed by atoms with Crippen LogP contribution in [0.3, 0.4) is 0 Å². The van der Waals surface area contributed by atoms with Crippen molar-refractivity contribution in [3.05, 3.63) is 57.1 Å². The zero-order valence-corrected chi connectivity index (χ0v) is 14.8. The van der Waals surface area contributed by atoms with Gasteiger partial charge in [-0.15, -0.1) is 0 Å². The van der Waals surface area contributed by atoms with Crippen molar-refractivity contribution in [2.24, 2.45) is 5.73 Å². The first-order valence-corrected chi connectivity index (χ1v) is 9.26. The lowest BCUT2D eigenvalue weighted by Gasteiger charge is -2.12. The van der Waals surface area contributed by atoms with Crippen LogP contribution in [-0.4, -0.2) is 38.9 Å². The predicted molar refractivity (Wildman–Crippen MR) is 103 cm³/mol. The van der Waals surface area contributed by atoms with Crippen molar-refractivity contribution in [2.45, 2.75) is 12.6 Å². The number of nitrogens with two attached hydrogens (primary N) is 1. The maximum atomic E-state index is 12.2. The number of aliphatic hydroxyl groups is 1. The number of nitrogens with one attached hydrogen (secondary N) is 2. The second-order valence-corrected chi connectivity index (χ2v) is 6.94. The molecule has 26 heavy (non-hydrogen) atoms. The SMILES string of the molecule is NCC(O)CNCc1cc2n[nH]c(=O)n2c2cc(-c3ccsc3)ccc12. The van der Waals surface area contributed by atoms with Crippen LogP contribution in [0.15, 0.2) is 45.9 Å². The lowest BCUT2D eigenvalue weighted by molar-refractivity contribution is 0.179. The van der Waals surface area contributed by atoms with Gasteiger partial charge in [0, 0.05) is 25.0 Å². The van der Waals surface area contributed by atoms with Gasteiger partial charge in [-0.05, 0) is 45.6 Å². The molecule has 8 heteroatoms. The number of benzene rings is 1. The second kappa shape index (κ2) is 7.00. The normalized spacial score (nSPS) is 12.8. The largest absolute Gasteiger partial charge is 0.390 e. The quantitative estimate of drug-likeness (QED) is 0.410. The van der Waals surface area contributed by atoms with Gasteiger partial charge in [-0.1, -0.05) is 12.1 Å². The Morgan fingerprint density at radius 1 is 1.31 bits per heavy atom. The third kappa shape index (κ3) is 3.04. The second-order valence-electron chi connectivity index (χ2n) is 6.16. The summed E-state index contributed by atoms with van der Waals surface area (Å²) in [6, 6.07) is 10.0. The van der Waals surface area contributed by atoms with Gasteiger partial charge < -0.3 is 16.2 Å². The maximum Gasteiger partial charge on any atom is 0.348 e. The molecule has 3 heterocycles. The highest BCUT2D eigenvalue weighted by atomic mass is 32.1. The molecule has 1 unspecified atom stereocenters. The Hall–Kier alpha value is -2.52. The molecule has 0 aliphatic heterocycles. The van der Waals surface area contributed by atoms with Gasteiger partial charge in [-0.3, -0.25) is 0 Å². The number of pyridine rings is 1. The Labute approximate surface area is 153 Å². The fraction of sp³-hybridized carbons (Fsp3) is 0.222. The molecule has 0 saturated carbocycles. The zero-order chi connectivity index (χ0) is 18.1. The Bertz CT molecular complexity index is 1100. The molecule has 4 aromatic rings. The smallest absolute Gasteiger partial charge is 0.348 e. The number of rotatable bonds is 6. The molecule has 134 valence electrons. The van der Waals surface area contributed by atoms with E-state index in [0.717, 1.165) is 27.6 Å². The van der Waals surface area contributed by atoms with Crippen molar-refractivity contribution in [1.82, 2.24) is 19.9 Å². The summed E-state index contributed by atoms with van der Waals surface area (Å²) >= 11 is 1.64. The highest BCUT2D eigenvalue weighted by Crippen LogP contribution is 2.28. The molecule has 1 atom stereocenters. The standard InChI is InChI=1S/C18H19N5O2S/c19-7-14(24)9-20-8-13-6-17-21-22-18(25)23(17)16-5-11(1-2-15(13)16)12-3-4-26-10-12/h1-6,10,14,20,24H,7-9,19H2,(H,22,25). The first-order chi connectivity index (χ1) is 12.7. The van der Waals surface area contributed by atoms with Gasteiger partial charge in [0.15, 0.2) is 5.65 Å². The van der Waals surface area contributed by atoms with Crippen LogP contribution >= 0.6 is 11.3 Å². The Kier molecular flexibility index (Phi) is 4.56. The third-order valence-corrected chi connectivity index (χ3v) is 5.09. The minimum Gasteiger partial charge on any atom is -0.390 e. The Morgan fingerprint density at radius 3 is 2.96 bits per heavy atom. The molecule has 0 saturated heterocycles. The van der Waals surface area contributed by atoms with Crippen LogP contribution < -0.4 is 16.7 Å². The van der Waals surface area contributed by atoms with Gasteiger partial charge >= 0.3 is 5.69 Å². The summed E-state index contributed by atoms with van der Waals surface area (Å²) < 4.78 is 1.59. The molecule has 7 nitrogen and oxygen atoms in total. The monoisotopic (exact) mass is 369 g/mol. The number of H-pyrrole nitrogens is 1. The summed E-state index contributed by atoms with van der Waals surface area (Å²) in [4.78, 5) is 12.2. The zero-order valence-electron chi connectivity index (χ0n) is 14.0. The predicted octanol–water partition coefficient (Wildman–Crippen LogP) is 1.31. The summed E-state index contributed by atoms with van der Waals surface area (Å²) in [5.41, 5.74) is 9.74. The van der Waals surface area contributed by atoms with Gasteiger partial charge in [0.05, 0.1) is 11.6 Å². The maximum absolute atomic E-state index is 12.2. The van der Waals surface area contributed by atoms with Gasteiger partial charge in [0.2, 0.25) is 0 Å². The van der Waals surface area contributed by atoms with Crippen LogP contribution in [0.1, 0.15) is 5.56 Å². The van der Waals surface area contributed by atoms with Crippen molar-refractivity contribution in [3.8, 4) is 11.1 Å². The molecule has 0 aliphatic carbocycles. The summed E-state index contributed by atoms with van der Waals surface area (Å²) in [7, 11) is 0. The van der Waals surface area contributed by atoms with Gasteiger partial charge in [-0.2, -0.15) is 16.4 Å². The van der Waals surface area contributed by atoms with E-state index >= 15 is 0 Å². The van der Waals surface area contributed by atoms with E-state index in [2.05, 4.69) is 33.0 Å². The Balaban J connectivity index is 1.83. The number of aromatic amines is 1. The van der Waals surface area contributed by atoms with E-state index < -0.39 is 6.10 Å². The van der Waals surface area contributed by atoms with Gasteiger partial charge in [-0.25, -0.2) is 14.3 Å². The topological polar surface area (TPSA) is 108 Å². The molecule has 0 fully saturated rings. The Morgan fingerprint density at radius 2 is 2.19 bits per heavy atom. The highest BCUT2D eigenvalue weighted by molar-refractivity contribution is 7.08. The molecule has 0 bridgehead atoms. The fourth-order valence-electron chi connectivity index (χ4n) is 3.07.